The number of aliphatic hydroxyl groups excluding tert-OH is 1. The third kappa shape index (κ3) is 3.20. The molecule has 0 aliphatic heterocycles. The van der Waals surface area contributed by atoms with Crippen molar-refractivity contribution in [3.05, 3.63) is 16.5 Å². The van der Waals surface area contributed by atoms with Crippen LogP contribution in [0.1, 0.15) is 19.3 Å². The van der Waals surface area contributed by atoms with Gasteiger partial charge in [0.25, 0.3) is 0 Å². The molecule has 7 heteroatoms. The molecule has 1 aromatic heterocycles. The molecule has 1 aromatic rings. The van der Waals surface area contributed by atoms with Crippen LogP contribution in [0.2, 0.25) is 4.34 Å². The summed E-state index contributed by atoms with van der Waals surface area (Å²) in [5.74, 6) is 0.0280. The van der Waals surface area contributed by atoms with Crippen LogP contribution < -0.4 is 4.72 Å². The maximum absolute atomic E-state index is 11.9. The lowest BCUT2D eigenvalue weighted by atomic mass is 10.1. The van der Waals surface area contributed by atoms with Crippen LogP contribution in [0.15, 0.2) is 16.3 Å². The minimum absolute atomic E-state index is 0.0280. The molecule has 1 heterocycles. The Labute approximate surface area is 110 Å². The Hall–Kier alpha value is -0.140. The molecule has 1 fully saturated rings. The molecule has 1 aliphatic rings. The van der Waals surface area contributed by atoms with Gasteiger partial charge in [0.2, 0.25) is 10.0 Å². The van der Waals surface area contributed by atoms with Crippen molar-refractivity contribution in [1.29, 1.82) is 0 Å². The Morgan fingerprint density at radius 3 is 2.76 bits per heavy atom. The van der Waals surface area contributed by atoms with Crippen LogP contribution in [0.3, 0.4) is 0 Å². The predicted molar refractivity (Wildman–Crippen MR) is 67.9 cm³/mol. The third-order valence-corrected chi connectivity index (χ3v) is 6.11. The summed E-state index contributed by atoms with van der Waals surface area (Å²) in [7, 11) is -3.48. The van der Waals surface area contributed by atoms with Crippen LogP contribution in [0, 0.1) is 5.92 Å². The topological polar surface area (TPSA) is 66.4 Å². The fraction of sp³-hybridized carbons (Fsp3) is 0.600. The molecule has 2 rings (SSSR count). The zero-order valence-electron chi connectivity index (χ0n) is 9.10. The van der Waals surface area contributed by atoms with Crippen LogP contribution in [-0.4, -0.2) is 26.2 Å². The number of nitrogens with one attached hydrogen (secondary N) is 1. The van der Waals surface area contributed by atoms with E-state index in [0.29, 0.717) is 10.9 Å². The summed E-state index contributed by atoms with van der Waals surface area (Å²) in [5, 5.41) is 9.61. The van der Waals surface area contributed by atoms with Gasteiger partial charge in [-0.15, -0.1) is 11.3 Å². The molecule has 2 N–H and O–H groups in total. The van der Waals surface area contributed by atoms with Gasteiger partial charge in [-0.05, 0) is 30.9 Å². The smallest absolute Gasteiger partial charge is 0.250 e. The van der Waals surface area contributed by atoms with Gasteiger partial charge in [0.15, 0.2) is 0 Å². The van der Waals surface area contributed by atoms with Crippen molar-refractivity contribution in [2.75, 3.05) is 6.54 Å². The second-order valence-corrected chi connectivity index (χ2v) is 7.88. The number of halogens is 1. The maximum atomic E-state index is 11.9. The molecule has 0 amide bonds. The SMILES string of the molecule is O=S(=O)(NCC1CCCC1O)c1ccc(Cl)s1. The molecule has 0 bridgehead atoms. The van der Waals surface area contributed by atoms with Gasteiger partial charge in [-0.25, -0.2) is 13.1 Å². The fourth-order valence-electron chi connectivity index (χ4n) is 1.99. The lowest BCUT2D eigenvalue weighted by Crippen LogP contribution is -2.32. The van der Waals surface area contributed by atoms with E-state index in [2.05, 4.69) is 4.72 Å². The van der Waals surface area contributed by atoms with Crippen molar-refractivity contribution in [2.24, 2.45) is 5.92 Å². The first-order chi connectivity index (χ1) is 7.99. The van der Waals surface area contributed by atoms with Gasteiger partial charge in [0.05, 0.1) is 10.4 Å². The number of hydrogen-bond acceptors (Lipinski definition) is 4. The molecule has 0 radical (unpaired) electrons. The Balaban J connectivity index is 1.98. The Bertz CT molecular complexity index is 485. The molecule has 1 aliphatic carbocycles. The van der Waals surface area contributed by atoms with Crippen LogP contribution in [0.4, 0.5) is 0 Å². The predicted octanol–water partition coefficient (Wildman–Crippen LogP) is 1.84. The van der Waals surface area contributed by atoms with Crippen molar-refractivity contribution >= 4 is 33.0 Å². The van der Waals surface area contributed by atoms with E-state index in [4.69, 9.17) is 11.6 Å². The highest BCUT2D eigenvalue weighted by atomic mass is 35.5. The fourth-order valence-corrected chi connectivity index (χ4v) is 4.61. The summed E-state index contributed by atoms with van der Waals surface area (Å²) in [6, 6.07) is 3.05. The normalized spacial score (nSPS) is 25.3. The van der Waals surface area contributed by atoms with Crippen molar-refractivity contribution in [3.8, 4) is 0 Å². The van der Waals surface area contributed by atoms with Gasteiger partial charge in [-0.2, -0.15) is 0 Å². The molecule has 17 heavy (non-hydrogen) atoms. The van der Waals surface area contributed by atoms with E-state index in [9.17, 15) is 13.5 Å². The van der Waals surface area contributed by atoms with Gasteiger partial charge in [-0.3, -0.25) is 0 Å². The Morgan fingerprint density at radius 2 is 2.24 bits per heavy atom. The van der Waals surface area contributed by atoms with Gasteiger partial charge in [0.1, 0.15) is 4.21 Å². The van der Waals surface area contributed by atoms with E-state index in [-0.39, 0.29) is 16.2 Å². The lowest BCUT2D eigenvalue weighted by molar-refractivity contribution is 0.134. The van der Waals surface area contributed by atoms with Gasteiger partial charge < -0.3 is 5.11 Å². The van der Waals surface area contributed by atoms with Crippen molar-refractivity contribution < 1.29 is 13.5 Å². The molecular weight excluding hydrogens is 282 g/mol. The maximum Gasteiger partial charge on any atom is 0.250 e. The first kappa shape index (κ1) is 13.3. The van der Waals surface area contributed by atoms with Crippen LogP contribution in [-0.2, 0) is 10.0 Å². The van der Waals surface area contributed by atoms with E-state index in [1.807, 2.05) is 0 Å². The summed E-state index contributed by atoms with van der Waals surface area (Å²) < 4.78 is 26.9. The van der Waals surface area contributed by atoms with Gasteiger partial charge in [0, 0.05) is 6.54 Å². The van der Waals surface area contributed by atoms with E-state index in [1.54, 1.807) is 6.07 Å². The number of sulfonamides is 1. The standard InChI is InChI=1S/C10H14ClNO3S2/c11-9-4-5-10(16-9)17(14,15)12-6-7-2-1-3-8(7)13/h4-5,7-8,12-13H,1-3,6H2. The van der Waals surface area contributed by atoms with Crippen molar-refractivity contribution in [1.82, 2.24) is 4.72 Å². The molecule has 1 saturated carbocycles. The number of aliphatic hydroxyl groups is 1. The largest absolute Gasteiger partial charge is 0.393 e. The summed E-state index contributed by atoms with van der Waals surface area (Å²) in [5.41, 5.74) is 0. The molecule has 96 valence electrons. The van der Waals surface area contributed by atoms with Crippen LogP contribution >= 0.6 is 22.9 Å². The molecule has 0 saturated heterocycles. The first-order valence-corrected chi connectivity index (χ1v) is 8.10. The van der Waals surface area contributed by atoms with Gasteiger partial charge in [-0.1, -0.05) is 18.0 Å². The molecule has 2 atom stereocenters. The average Bonchev–Trinajstić information content (AvgIpc) is 2.85. The molecular formula is C10H14ClNO3S2. The van der Waals surface area contributed by atoms with E-state index in [0.717, 1.165) is 30.6 Å². The van der Waals surface area contributed by atoms with Crippen molar-refractivity contribution in [3.63, 3.8) is 0 Å². The van der Waals surface area contributed by atoms with E-state index >= 15 is 0 Å². The van der Waals surface area contributed by atoms with E-state index < -0.39 is 10.0 Å². The second kappa shape index (κ2) is 5.24. The highest BCUT2D eigenvalue weighted by Crippen LogP contribution is 2.27. The van der Waals surface area contributed by atoms with Gasteiger partial charge >= 0.3 is 0 Å². The Kier molecular flexibility index (Phi) is 4.10. The summed E-state index contributed by atoms with van der Waals surface area (Å²) in [6.45, 7) is 0.291. The molecule has 4 nitrogen and oxygen atoms in total. The molecule has 0 spiro atoms. The zero-order chi connectivity index (χ0) is 12.5. The monoisotopic (exact) mass is 295 g/mol. The highest BCUT2D eigenvalue weighted by Gasteiger charge is 2.27. The second-order valence-electron chi connectivity index (χ2n) is 4.17. The number of rotatable bonds is 4. The van der Waals surface area contributed by atoms with E-state index in [1.165, 1.54) is 6.07 Å². The summed E-state index contributed by atoms with van der Waals surface area (Å²) in [6.07, 6.45) is 2.20. The molecule has 0 aromatic carbocycles. The molecule has 2 unspecified atom stereocenters. The lowest BCUT2D eigenvalue weighted by Gasteiger charge is -2.14. The van der Waals surface area contributed by atoms with Crippen molar-refractivity contribution in [2.45, 2.75) is 29.6 Å². The first-order valence-electron chi connectivity index (χ1n) is 5.42. The number of hydrogen-bond donors (Lipinski definition) is 2. The minimum atomic E-state index is -3.48. The highest BCUT2D eigenvalue weighted by molar-refractivity contribution is 7.91. The van der Waals surface area contributed by atoms with Crippen LogP contribution in [0.25, 0.3) is 0 Å². The number of thiophene rings is 1. The zero-order valence-corrected chi connectivity index (χ0v) is 11.5. The third-order valence-electron chi connectivity index (χ3n) is 2.97. The Morgan fingerprint density at radius 1 is 1.47 bits per heavy atom. The quantitative estimate of drug-likeness (QED) is 0.891. The summed E-state index contributed by atoms with van der Waals surface area (Å²) in [4.78, 5) is 0. The minimum Gasteiger partial charge on any atom is -0.393 e. The average molecular weight is 296 g/mol. The summed E-state index contributed by atoms with van der Waals surface area (Å²) >= 11 is 6.73. The van der Waals surface area contributed by atoms with Crippen LogP contribution in [0.5, 0.6) is 0 Å².